The van der Waals surface area contributed by atoms with Crippen LogP contribution in [-0.4, -0.2) is 37.7 Å². The number of hydrogen-bond donors (Lipinski definition) is 1. The molecule has 2 heterocycles. The minimum Gasteiger partial charge on any atom is -0.346 e. The third-order valence-electron chi connectivity index (χ3n) is 4.41. The van der Waals surface area contributed by atoms with Gasteiger partial charge in [0, 0.05) is 24.0 Å². The van der Waals surface area contributed by atoms with E-state index in [1.165, 1.54) is 10.8 Å². The molecular formula is C20H19ClF2N6O. The average Bonchev–Trinajstić information content (AvgIpc) is 3.28. The molecule has 0 aliphatic carbocycles. The van der Waals surface area contributed by atoms with Crippen molar-refractivity contribution >= 4 is 17.5 Å². The van der Waals surface area contributed by atoms with Crippen molar-refractivity contribution in [2.45, 2.75) is 39.4 Å². The Bertz CT molecular complexity index is 1100. The zero-order valence-corrected chi connectivity index (χ0v) is 17.1. The Labute approximate surface area is 176 Å². The Balaban J connectivity index is 1.63. The minimum absolute atomic E-state index is 0.0911. The lowest BCUT2D eigenvalue weighted by Gasteiger charge is -2.13. The van der Waals surface area contributed by atoms with E-state index < -0.39 is 18.9 Å². The molecule has 1 aromatic carbocycles. The third kappa shape index (κ3) is 5.02. The molecule has 1 atom stereocenters. The quantitative estimate of drug-likeness (QED) is 0.617. The molecule has 0 spiro atoms. The average molecular weight is 433 g/mol. The molecule has 3 rings (SSSR count). The van der Waals surface area contributed by atoms with Crippen LogP contribution in [0.3, 0.4) is 0 Å². The summed E-state index contributed by atoms with van der Waals surface area (Å²) in [5, 5.41) is 16.6. The van der Waals surface area contributed by atoms with Gasteiger partial charge in [0.1, 0.15) is 17.6 Å². The highest BCUT2D eigenvalue weighted by molar-refractivity contribution is 6.32. The van der Waals surface area contributed by atoms with E-state index in [1.807, 2.05) is 12.1 Å². The zero-order chi connectivity index (χ0) is 21.8. The lowest BCUT2D eigenvalue weighted by Crippen LogP contribution is -2.36. The summed E-state index contributed by atoms with van der Waals surface area (Å²) in [5.41, 5.74) is 1.94. The third-order valence-corrected chi connectivity index (χ3v) is 4.72. The number of amides is 1. The number of nitriles is 1. The van der Waals surface area contributed by atoms with E-state index in [0.29, 0.717) is 28.6 Å². The number of nitrogens with one attached hydrogen (secondary N) is 1. The number of aromatic nitrogens is 4. The Morgan fingerprint density at radius 1 is 1.33 bits per heavy atom. The van der Waals surface area contributed by atoms with Crippen LogP contribution < -0.4 is 5.32 Å². The Hall–Kier alpha value is -3.25. The minimum atomic E-state index is -2.52. The Morgan fingerprint density at radius 3 is 2.77 bits per heavy atom. The maximum Gasteiger partial charge on any atom is 0.271 e. The van der Waals surface area contributed by atoms with E-state index in [0.717, 1.165) is 5.56 Å². The van der Waals surface area contributed by atoms with Gasteiger partial charge in [0.05, 0.1) is 29.4 Å². The molecule has 0 aliphatic heterocycles. The summed E-state index contributed by atoms with van der Waals surface area (Å²) in [7, 11) is 0. The fourth-order valence-corrected chi connectivity index (χ4v) is 3.18. The Morgan fingerprint density at radius 2 is 2.10 bits per heavy atom. The summed E-state index contributed by atoms with van der Waals surface area (Å²) in [5.74, 6) is -0.0873. The summed E-state index contributed by atoms with van der Waals surface area (Å²) in [4.78, 5) is 16.4. The van der Waals surface area contributed by atoms with Crippen LogP contribution in [0.5, 0.6) is 0 Å². The predicted molar refractivity (Wildman–Crippen MR) is 107 cm³/mol. The van der Waals surface area contributed by atoms with Gasteiger partial charge in [0.15, 0.2) is 0 Å². The fourth-order valence-electron chi connectivity index (χ4n) is 2.96. The first-order valence-electron chi connectivity index (χ1n) is 9.13. The van der Waals surface area contributed by atoms with E-state index >= 15 is 0 Å². The van der Waals surface area contributed by atoms with Gasteiger partial charge in [0.2, 0.25) is 0 Å². The summed E-state index contributed by atoms with van der Waals surface area (Å²) < 4.78 is 28.1. The number of carbonyl (C=O) groups is 1. The smallest absolute Gasteiger partial charge is 0.271 e. The maximum absolute atomic E-state index is 12.6. The van der Waals surface area contributed by atoms with Gasteiger partial charge in [0.25, 0.3) is 12.3 Å². The zero-order valence-electron chi connectivity index (χ0n) is 16.3. The van der Waals surface area contributed by atoms with Crippen LogP contribution in [0.25, 0.3) is 11.3 Å². The van der Waals surface area contributed by atoms with Crippen LogP contribution in [0.2, 0.25) is 5.02 Å². The molecule has 0 radical (unpaired) electrons. The van der Waals surface area contributed by atoms with Crippen LogP contribution in [0.1, 0.15) is 28.8 Å². The molecule has 0 bridgehead atoms. The van der Waals surface area contributed by atoms with Gasteiger partial charge in [-0.2, -0.15) is 10.4 Å². The molecular weight excluding hydrogens is 414 g/mol. The largest absolute Gasteiger partial charge is 0.346 e. The van der Waals surface area contributed by atoms with E-state index in [-0.39, 0.29) is 11.7 Å². The molecule has 0 aliphatic rings. The molecule has 2 aromatic heterocycles. The molecule has 156 valence electrons. The Kier molecular flexibility index (Phi) is 6.47. The second-order valence-electron chi connectivity index (χ2n) is 6.82. The standard InChI is InChI=1S/C20H19ClF2N6O/c1-12(25-20(30)18-10-28(11-19(22)23)13(2)26-18)9-29-6-5-17(27-29)14-3-4-15(8-24)16(21)7-14/h3-7,10,12,19H,9,11H2,1-2H3,(H,25,30)/t12-/m0/s1. The summed E-state index contributed by atoms with van der Waals surface area (Å²) >= 11 is 6.07. The van der Waals surface area contributed by atoms with Crippen molar-refractivity contribution in [2.24, 2.45) is 0 Å². The van der Waals surface area contributed by atoms with E-state index in [4.69, 9.17) is 16.9 Å². The molecule has 0 saturated heterocycles. The highest BCUT2D eigenvalue weighted by atomic mass is 35.5. The second-order valence-corrected chi connectivity index (χ2v) is 7.23. The van der Waals surface area contributed by atoms with Gasteiger partial charge in [-0.05, 0) is 32.0 Å². The lowest BCUT2D eigenvalue weighted by molar-refractivity contribution is 0.0930. The number of rotatable bonds is 7. The maximum atomic E-state index is 12.6. The van der Waals surface area contributed by atoms with Crippen molar-refractivity contribution in [1.29, 1.82) is 5.26 Å². The topological polar surface area (TPSA) is 88.5 Å². The SMILES string of the molecule is Cc1nc(C(=O)N[C@@H](C)Cn2ccc(-c3ccc(C#N)c(Cl)c3)n2)cn1CC(F)F. The highest BCUT2D eigenvalue weighted by Crippen LogP contribution is 2.24. The number of hydrogen-bond acceptors (Lipinski definition) is 4. The van der Waals surface area contributed by atoms with Crippen molar-refractivity contribution in [3.8, 4) is 17.3 Å². The predicted octanol–water partition coefficient (Wildman–Crippen LogP) is 3.66. The first-order valence-corrected chi connectivity index (χ1v) is 9.51. The first kappa shape index (κ1) is 21.5. The van der Waals surface area contributed by atoms with Crippen molar-refractivity contribution in [3.63, 3.8) is 0 Å². The summed E-state index contributed by atoms with van der Waals surface area (Å²) in [6.45, 7) is 3.27. The number of imidazole rings is 1. The van der Waals surface area contributed by atoms with E-state index in [1.54, 1.807) is 42.9 Å². The van der Waals surface area contributed by atoms with Gasteiger partial charge in [-0.3, -0.25) is 9.48 Å². The molecule has 7 nitrogen and oxygen atoms in total. The van der Waals surface area contributed by atoms with Gasteiger partial charge in [-0.1, -0.05) is 17.7 Å². The van der Waals surface area contributed by atoms with Crippen LogP contribution in [0.4, 0.5) is 8.78 Å². The molecule has 10 heteroatoms. The van der Waals surface area contributed by atoms with Gasteiger partial charge in [-0.15, -0.1) is 0 Å². The van der Waals surface area contributed by atoms with Crippen LogP contribution >= 0.6 is 11.6 Å². The van der Waals surface area contributed by atoms with Crippen molar-refractivity contribution in [1.82, 2.24) is 24.6 Å². The van der Waals surface area contributed by atoms with E-state index in [9.17, 15) is 13.6 Å². The number of aryl methyl sites for hydroxylation is 1. The molecule has 30 heavy (non-hydrogen) atoms. The number of halogens is 3. The summed E-state index contributed by atoms with van der Waals surface area (Å²) in [6, 6.07) is 8.61. The number of benzene rings is 1. The van der Waals surface area contributed by atoms with E-state index in [2.05, 4.69) is 15.4 Å². The van der Waals surface area contributed by atoms with Crippen LogP contribution in [-0.2, 0) is 13.1 Å². The first-order chi connectivity index (χ1) is 14.3. The molecule has 3 aromatic rings. The van der Waals surface area contributed by atoms with Crippen molar-refractivity contribution in [2.75, 3.05) is 0 Å². The van der Waals surface area contributed by atoms with Crippen molar-refractivity contribution < 1.29 is 13.6 Å². The second kappa shape index (κ2) is 9.05. The molecule has 0 unspecified atom stereocenters. The number of alkyl halides is 2. The molecule has 0 fully saturated rings. The number of carbonyl (C=O) groups excluding carboxylic acids is 1. The van der Waals surface area contributed by atoms with Gasteiger partial charge in [-0.25, -0.2) is 13.8 Å². The van der Waals surface area contributed by atoms with Crippen molar-refractivity contribution in [3.05, 3.63) is 58.8 Å². The molecule has 1 N–H and O–H groups in total. The van der Waals surface area contributed by atoms with Gasteiger partial charge >= 0.3 is 0 Å². The summed E-state index contributed by atoms with van der Waals surface area (Å²) in [6.07, 6.45) is 0.572. The van der Waals surface area contributed by atoms with Crippen LogP contribution in [0, 0.1) is 18.3 Å². The number of nitrogens with zero attached hydrogens (tertiary/aromatic N) is 5. The fraction of sp³-hybridized carbons (Fsp3) is 0.300. The molecule has 1 amide bonds. The monoisotopic (exact) mass is 432 g/mol. The van der Waals surface area contributed by atoms with Gasteiger partial charge < -0.3 is 9.88 Å². The van der Waals surface area contributed by atoms with Crippen LogP contribution in [0.15, 0.2) is 36.7 Å². The highest BCUT2D eigenvalue weighted by Gasteiger charge is 2.17. The lowest BCUT2D eigenvalue weighted by atomic mass is 10.1. The molecule has 0 saturated carbocycles. The normalized spacial score (nSPS) is 12.0.